The standard InChI is InChI=1S/C16H33Br.C8H15NO2/c1-2-3-4-5-6-7-8-9-10-11-12-13-14-15-16-17;1-6(2)8(10)11-7(3)9(4)5/h2-16H2,1H3;7H,1H2,2-5H3. The summed E-state index contributed by atoms with van der Waals surface area (Å²) in [7, 11) is 3.69. The van der Waals surface area contributed by atoms with Crippen molar-refractivity contribution in [1.29, 1.82) is 0 Å². The smallest absolute Gasteiger partial charge is 0.334 e. The molecule has 0 saturated heterocycles. The fraction of sp³-hybridized carbons (Fsp3) is 0.875. The van der Waals surface area contributed by atoms with Crippen molar-refractivity contribution < 1.29 is 9.53 Å². The molecule has 0 bridgehead atoms. The molecule has 0 aromatic rings. The number of nitrogens with zero attached hydrogens (tertiary/aromatic N) is 1. The summed E-state index contributed by atoms with van der Waals surface area (Å²) >= 11 is 3.48. The molecule has 0 aliphatic rings. The number of esters is 1. The molecule has 0 spiro atoms. The number of carbonyl (C=O) groups excluding carboxylic acids is 1. The molecule has 4 heteroatoms. The normalized spacial score (nSPS) is 11.7. The predicted molar refractivity (Wildman–Crippen MR) is 128 cm³/mol. The van der Waals surface area contributed by atoms with Crippen LogP contribution in [-0.2, 0) is 9.53 Å². The summed E-state index contributed by atoms with van der Waals surface area (Å²) in [6, 6.07) is 0. The molecule has 0 aliphatic carbocycles. The largest absolute Gasteiger partial charge is 0.443 e. The van der Waals surface area contributed by atoms with Gasteiger partial charge in [-0.1, -0.05) is 113 Å². The van der Waals surface area contributed by atoms with Gasteiger partial charge < -0.3 is 4.74 Å². The third-order valence-corrected chi connectivity index (χ3v) is 5.40. The quantitative estimate of drug-likeness (QED) is 0.0724. The van der Waals surface area contributed by atoms with Gasteiger partial charge in [0.2, 0.25) is 0 Å². The van der Waals surface area contributed by atoms with Gasteiger partial charge >= 0.3 is 5.97 Å². The van der Waals surface area contributed by atoms with Gasteiger partial charge in [0.25, 0.3) is 0 Å². The van der Waals surface area contributed by atoms with E-state index >= 15 is 0 Å². The Balaban J connectivity index is 0. The van der Waals surface area contributed by atoms with E-state index in [0.29, 0.717) is 5.57 Å². The molecular formula is C24H48BrNO2. The zero-order valence-corrected chi connectivity index (χ0v) is 21.1. The lowest BCUT2D eigenvalue weighted by atomic mass is 10.0. The van der Waals surface area contributed by atoms with Gasteiger partial charge in [0, 0.05) is 10.9 Å². The summed E-state index contributed by atoms with van der Waals surface area (Å²) < 4.78 is 4.96. The fourth-order valence-corrected chi connectivity index (χ4v) is 3.05. The third kappa shape index (κ3) is 23.7. The van der Waals surface area contributed by atoms with Crippen LogP contribution >= 0.6 is 15.9 Å². The Morgan fingerprint density at radius 1 is 0.857 bits per heavy atom. The number of carbonyl (C=O) groups is 1. The molecule has 168 valence electrons. The lowest BCUT2D eigenvalue weighted by molar-refractivity contribution is -0.150. The van der Waals surface area contributed by atoms with Crippen molar-refractivity contribution >= 4 is 21.9 Å². The average molecular weight is 463 g/mol. The number of hydrogen-bond donors (Lipinski definition) is 0. The number of ether oxygens (including phenoxy) is 1. The Morgan fingerprint density at radius 3 is 1.50 bits per heavy atom. The Morgan fingerprint density at radius 2 is 1.21 bits per heavy atom. The maximum absolute atomic E-state index is 10.9. The Kier molecular flexibility index (Phi) is 24.4. The molecule has 0 rings (SSSR count). The second kappa shape index (κ2) is 22.9. The third-order valence-electron chi connectivity index (χ3n) is 4.84. The minimum absolute atomic E-state index is 0.195. The van der Waals surface area contributed by atoms with Gasteiger partial charge in [-0.05, 0) is 34.4 Å². The first kappa shape index (κ1) is 29.8. The first-order valence-corrected chi connectivity index (χ1v) is 12.6. The molecule has 0 fully saturated rings. The monoisotopic (exact) mass is 461 g/mol. The minimum Gasteiger partial charge on any atom is -0.443 e. The van der Waals surface area contributed by atoms with Gasteiger partial charge in [0.05, 0.1) is 0 Å². The maximum Gasteiger partial charge on any atom is 0.334 e. The summed E-state index contributed by atoms with van der Waals surface area (Å²) in [6.07, 6.45) is 20.1. The lowest BCUT2D eigenvalue weighted by Crippen LogP contribution is -2.30. The molecule has 0 aromatic heterocycles. The van der Waals surface area contributed by atoms with Crippen LogP contribution in [0.3, 0.4) is 0 Å². The van der Waals surface area contributed by atoms with Crippen molar-refractivity contribution in [2.45, 2.75) is 117 Å². The minimum atomic E-state index is -0.341. The number of halogens is 1. The molecule has 1 atom stereocenters. The van der Waals surface area contributed by atoms with E-state index in [0.717, 1.165) is 0 Å². The summed E-state index contributed by atoms with van der Waals surface area (Å²) in [5.41, 5.74) is 0.429. The number of alkyl halides is 1. The molecule has 0 aromatic carbocycles. The first-order valence-electron chi connectivity index (χ1n) is 11.5. The van der Waals surface area contributed by atoms with Crippen LogP contribution in [0.2, 0.25) is 0 Å². The number of rotatable bonds is 17. The number of hydrogen-bond acceptors (Lipinski definition) is 3. The van der Waals surface area contributed by atoms with E-state index < -0.39 is 0 Å². The first-order chi connectivity index (χ1) is 13.4. The second-order valence-electron chi connectivity index (χ2n) is 8.03. The van der Waals surface area contributed by atoms with E-state index in [1.807, 2.05) is 14.1 Å². The Bertz CT molecular complexity index is 345. The SMILES string of the molecule is C=C(C)C(=O)OC(C)N(C)C.CCCCCCCCCCCCCCCCBr. The highest BCUT2D eigenvalue weighted by atomic mass is 79.9. The summed E-state index contributed by atoms with van der Waals surface area (Å²) in [6.45, 7) is 9.20. The zero-order chi connectivity index (χ0) is 21.6. The van der Waals surface area contributed by atoms with E-state index in [1.54, 1.807) is 18.7 Å². The Hall–Kier alpha value is -0.350. The van der Waals surface area contributed by atoms with Gasteiger partial charge in [-0.2, -0.15) is 0 Å². The van der Waals surface area contributed by atoms with Crippen LogP contribution in [0.15, 0.2) is 12.2 Å². The van der Waals surface area contributed by atoms with Gasteiger partial charge in [-0.15, -0.1) is 0 Å². The second-order valence-corrected chi connectivity index (χ2v) is 8.83. The highest BCUT2D eigenvalue weighted by Crippen LogP contribution is 2.13. The van der Waals surface area contributed by atoms with Crippen LogP contribution in [0.4, 0.5) is 0 Å². The highest BCUT2D eigenvalue weighted by molar-refractivity contribution is 9.09. The van der Waals surface area contributed by atoms with Crippen molar-refractivity contribution in [3.05, 3.63) is 12.2 Å². The molecule has 3 nitrogen and oxygen atoms in total. The van der Waals surface area contributed by atoms with Gasteiger partial charge in [-0.3, -0.25) is 4.90 Å². The fourth-order valence-electron chi connectivity index (χ4n) is 2.65. The van der Waals surface area contributed by atoms with E-state index in [2.05, 4.69) is 29.4 Å². The van der Waals surface area contributed by atoms with E-state index in [4.69, 9.17) is 4.74 Å². The van der Waals surface area contributed by atoms with Crippen LogP contribution in [0.1, 0.15) is 111 Å². The molecule has 28 heavy (non-hydrogen) atoms. The number of unbranched alkanes of at least 4 members (excludes halogenated alkanes) is 13. The topological polar surface area (TPSA) is 29.5 Å². The van der Waals surface area contributed by atoms with Crippen molar-refractivity contribution in [3.63, 3.8) is 0 Å². The van der Waals surface area contributed by atoms with Crippen molar-refractivity contribution in [3.8, 4) is 0 Å². The lowest BCUT2D eigenvalue weighted by Gasteiger charge is -2.19. The highest BCUT2D eigenvalue weighted by Gasteiger charge is 2.10. The summed E-state index contributed by atoms with van der Waals surface area (Å²) in [5.74, 6) is -0.341. The molecule has 0 radical (unpaired) electrons. The Labute approximate surface area is 184 Å². The van der Waals surface area contributed by atoms with Gasteiger partial charge in [-0.25, -0.2) is 4.79 Å². The molecule has 0 heterocycles. The molecule has 1 unspecified atom stereocenters. The zero-order valence-electron chi connectivity index (χ0n) is 19.5. The summed E-state index contributed by atoms with van der Waals surface area (Å²) in [4.78, 5) is 12.7. The van der Waals surface area contributed by atoms with Crippen LogP contribution in [0.5, 0.6) is 0 Å². The molecule has 0 saturated carbocycles. The van der Waals surface area contributed by atoms with Crippen molar-refractivity contribution in [2.75, 3.05) is 19.4 Å². The van der Waals surface area contributed by atoms with Crippen LogP contribution in [0, 0.1) is 0 Å². The van der Waals surface area contributed by atoms with E-state index in [9.17, 15) is 4.79 Å². The van der Waals surface area contributed by atoms with Crippen LogP contribution < -0.4 is 0 Å². The predicted octanol–water partition coefficient (Wildman–Crippen LogP) is 7.88. The molecule has 0 amide bonds. The van der Waals surface area contributed by atoms with Gasteiger partial charge in [0.15, 0.2) is 6.23 Å². The molecule has 0 N–H and O–H groups in total. The molecule has 0 aliphatic heterocycles. The van der Waals surface area contributed by atoms with E-state index in [-0.39, 0.29) is 12.2 Å². The van der Waals surface area contributed by atoms with Crippen molar-refractivity contribution in [1.82, 2.24) is 4.90 Å². The van der Waals surface area contributed by atoms with Gasteiger partial charge in [0.1, 0.15) is 0 Å². The van der Waals surface area contributed by atoms with E-state index in [1.165, 1.54) is 95.2 Å². The van der Waals surface area contributed by atoms with Crippen LogP contribution in [0.25, 0.3) is 0 Å². The molecular weight excluding hydrogens is 414 g/mol. The van der Waals surface area contributed by atoms with Crippen molar-refractivity contribution in [2.24, 2.45) is 0 Å². The average Bonchev–Trinajstić information content (AvgIpc) is 2.65. The summed E-state index contributed by atoms with van der Waals surface area (Å²) in [5, 5.41) is 1.19. The van der Waals surface area contributed by atoms with Crippen LogP contribution in [-0.4, -0.2) is 36.5 Å². The maximum atomic E-state index is 10.9.